The lowest BCUT2D eigenvalue weighted by molar-refractivity contribution is 0.370. The third kappa shape index (κ3) is 9.79. The molecule has 0 fully saturated rings. The number of aliphatic imine (C=N–C) groups is 1. The lowest BCUT2D eigenvalue weighted by atomic mass is 9.89. The van der Waals surface area contributed by atoms with E-state index in [4.69, 9.17) is 12.2 Å². The summed E-state index contributed by atoms with van der Waals surface area (Å²) in [4.78, 5) is 4.44. The Morgan fingerprint density at radius 1 is 0.833 bits per heavy atom. The predicted octanol–water partition coefficient (Wildman–Crippen LogP) is 6.18. The highest BCUT2D eigenvalue weighted by Crippen LogP contribution is 2.26. The quantitative estimate of drug-likeness (QED) is 0.234. The fourth-order valence-electron chi connectivity index (χ4n) is 2.39. The fraction of sp³-hybridized carbons (Fsp3) is 0.938. The van der Waals surface area contributed by atoms with Crippen molar-refractivity contribution in [2.75, 3.05) is 0 Å². The molecule has 0 aliphatic carbocycles. The highest BCUT2D eigenvalue weighted by molar-refractivity contribution is 7.78. The third-order valence-corrected chi connectivity index (χ3v) is 3.79. The Morgan fingerprint density at radius 2 is 1.28 bits per heavy atom. The maximum Gasteiger partial charge on any atom is 0.0683 e. The van der Waals surface area contributed by atoms with Gasteiger partial charge < -0.3 is 0 Å². The zero-order valence-electron chi connectivity index (χ0n) is 12.6. The van der Waals surface area contributed by atoms with Crippen LogP contribution in [0.3, 0.4) is 0 Å². The minimum Gasteiger partial charge on any atom is -0.226 e. The van der Waals surface area contributed by atoms with Crippen LogP contribution in [0.2, 0.25) is 0 Å². The summed E-state index contributed by atoms with van der Waals surface area (Å²) in [7, 11) is 0. The van der Waals surface area contributed by atoms with Gasteiger partial charge in [-0.05, 0) is 32.0 Å². The highest BCUT2D eigenvalue weighted by Gasteiger charge is 2.21. The van der Waals surface area contributed by atoms with E-state index in [0.29, 0.717) is 0 Å². The van der Waals surface area contributed by atoms with Crippen molar-refractivity contribution in [3.8, 4) is 0 Å². The molecule has 0 bridgehead atoms. The molecular formula is C16H31NS. The van der Waals surface area contributed by atoms with Crippen molar-refractivity contribution in [3.05, 3.63) is 0 Å². The Labute approximate surface area is 119 Å². The van der Waals surface area contributed by atoms with Crippen LogP contribution in [-0.4, -0.2) is 10.7 Å². The van der Waals surface area contributed by atoms with E-state index in [1.807, 2.05) is 0 Å². The normalized spacial score (nSPS) is 13.9. The lowest BCUT2D eigenvalue weighted by Gasteiger charge is -2.23. The van der Waals surface area contributed by atoms with Crippen molar-refractivity contribution >= 4 is 17.4 Å². The molecule has 0 radical (unpaired) electrons. The topological polar surface area (TPSA) is 12.4 Å². The molecule has 1 atom stereocenters. The molecule has 0 aliphatic heterocycles. The van der Waals surface area contributed by atoms with Crippen LogP contribution in [0.1, 0.15) is 91.4 Å². The molecule has 0 aromatic rings. The molecule has 0 heterocycles. The van der Waals surface area contributed by atoms with Crippen LogP contribution in [0.5, 0.6) is 0 Å². The van der Waals surface area contributed by atoms with Crippen LogP contribution in [0.25, 0.3) is 0 Å². The molecule has 0 spiro atoms. The van der Waals surface area contributed by atoms with Gasteiger partial charge in [-0.3, -0.25) is 0 Å². The van der Waals surface area contributed by atoms with Gasteiger partial charge in [0, 0.05) is 0 Å². The summed E-state index contributed by atoms with van der Waals surface area (Å²) in [5.74, 6) is 0. The maximum atomic E-state index is 4.81. The highest BCUT2D eigenvalue weighted by atomic mass is 32.1. The first kappa shape index (κ1) is 17.8. The van der Waals surface area contributed by atoms with E-state index in [2.05, 4.69) is 30.9 Å². The van der Waals surface area contributed by atoms with E-state index < -0.39 is 0 Å². The van der Waals surface area contributed by atoms with E-state index in [-0.39, 0.29) is 5.54 Å². The Hall–Kier alpha value is -0.200. The van der Waals surface area contributed by atoms with Gasteiger partial charge in [0.2, 0.25) is 0 Å². The molecule has 1 nitrogen and oxygen atoms in total. The Bertz CT molecular complexity index is 233. The number of hydrogen-bond acceptors (Lipinski definition) is 2. The Kier molecular flexibility index (Phi) is 11.7. The number of thiocarbonyl (C=S) groups is 1. The van der Waals surface area contributed by atoms with Gasteiger partial charge in [0.25, 0.3) is 0 Å². The maximum absolute atomic E-state index is 4.81. The van der Waals surface area contributed by atoms with Crippen molar-refractivity contribution in [3.63, 3.8) is 0 Å². The molecular weight excluding hydrogens is 238 g/mol. The van der Waals surface area contributed by atoms with Crippen LogP contribution in [0, 0.1) is 0 Å². The van der Waals surface area contributed by atoms with Gasteiger partial charge in [-0.25, -0.2) is 4.99 Å². The van der Waals surface area contributed by atoms with E-state index in [0.717, 1.165) is 0 Å². The lowest BCUT2D eigenvalue weighted by Crippen LogP contribution is -2.21. The van der Waals surface area contributed by atoms with Crippen molar-refractivity contribution in [1.82, 2.24) is 0 Å². The first-order valence-corrected chi connectivity index (χ1v) is 8.18. The van der Waals surface area contributed by atoms with Crippen LogP contribution < -0.4 is 0 Å². The SMILES string of the molecule is CCCCCCCC(C)(CCCCCC)N=C=S. The monoisotopic (exact) mass is 269 g/mol. The second-order valence-corrected chi connectivity index (χ2v) is 5.86. The molecule has 18 heavy (non-hydrogen) atoms. The van der Waals surface area contributed by atoms with Crippen molar-refractivity contribution < 1.29 is 0 Å². The predicted molar refractivity (Wildman–Crippen MR) is 85.6 cm³/mol. The van der Waals surface area contributed by atoms with Crippen molar-refractivity contribution in [2.24, 2.45) is 4.99 Å². The van der Waals surface area contributed by atoms with Gasteiger partial charge in [0.05, 0.1) is 10.7 Å². The van der Waals surface area contributed by atoms with Crippen LogP contribution >= 0.6 is 12.2 Å². The third-order valence-electron chi connectivity index (χ3n) is 3.70. The van der Waals surface area contributed by atoms with Gasteiger partial charge in [0.15, 0.2) is 0 Å². The van der Waals surface area contributed by atoms with E-state index in [9.17, 15) is 0 Å². The zero-order chi connectivity index (χ0) is 13.7. The standard InChI is InChI=1S/C16H31NS/c1-4-6-8-10-12-14-16(3,17-15-18)13-11-9-7-5-2/h4-14H2,1-3H3. The van der Waals surface area contributed by atoms with E-state index >= 15 is 0 Å². The van der Waals surface area contributed by atoms with Gasteiger partial charge >= 0.3 is 0 Å². The summed E-state index contributed by atoms with van der Waals surface area (Å²) in [6, 6.07) is 0. The molecule has 0 N–H and O–H groups in total. The summed E-state index contributed by atoms with van der Waals surface area (Å²) in [6.07, 6.45) is 14.2. The minimum atomic E-state index is 0.0572. The van der Waals surface area contributed by atoms with Gasteiger partial charge in [-0.2, -0.15) is 0 Å². The summed E-state index contributed by atoms with van der Waals surface area (Å²) < 4.78 is 0. The van der Waals surface area contributed by atoms with Crippen molar-refractivity contribution in [1.29, 1.82) is 0 Å². The van der Waals surface area contributed by atoms with Gasteiger partial charge in [-0.1, -0.05) is 71.6 Å². The number of hydrogen-bond donors (Lipinski definition) is 0. The number of rotatable bonds is 12. The Morgan fingerprint density at radius 3 is 1.72 bits per heavy atom. The average Bonchev–Trinajstić information content (AvgIpc) is 2.35. The molecule has 0 amide bonds. The average molecular weight is 269 g/mol. The number of unbranched alkanes of at least 4 members (excludes halogenated alkanes) is 7. The molecule has 0 rings (SSSR count). The summed E-state index contributed by atoms with van der Waals surface area (Å²) >= 11 is 4.81. The number of isothiocyanates is 1. The smallest absolute Gasteiger partial charge is 0.0683 e. The largest absolute Gasteiger partial charge is 0.226 e. The molecule has 0 saturated heterocycles. The van der Waals surface area contributed by atoms with Crippen LogP contribution in [0.15, 0.2) is 4.99 Å². The van der Waals surface area contributed by atoms with Crippen LogP contribution in [-0.2, 0) is 0 Å². The number of nitrogens with zero attached hydrogens (tertiary/aromatic N) is 1. The molecule has 0 saturated carbocycles. The van der Waals surface area contributed by atoms with Crippen LogP contribution in [0.4, 0.5) is 0 Å². The molecule has 0 aliphatic rings. The fourth-order valence-corrected chi connectivity index (χ4v) is 2.61. The van der Waals surface area contributed by atoms with E-state index in [1.165, 1.54) is 70.6 Å². The second kappa shape index (κ2) is 11.9. The Balaban J connectivity index is 3.89. The van der Waals surface area contributed by atoms with E-state index in [1.54, 1.807) is 0 Å². The molecule has 0 aromatic heterocycles. The summed E-state index contributed by atoms with van der Waals surface area (Å²) in [5.41, 5.74) is 0.0572. The van der Waals surface area contributed by atoms with Gasteiger partial charge in [-0.15, -0.1) is 0 Å². The molecule has 0 aromatic carbocycles. The van der Waals surface area contributed by atoms with Gasteiger partial charge in [0.1, 0.15) is 0 Å². The first-order chi connectivity index (χ1) is 8.68. The zero-order valence-corrected chi connectivity index (χ0v) is 13.5. The molecule has 1 unspecified atom stereocenters. The molecule has 2 heteroatoms. The summed E-state index contributed by atoms with van der Waals surface area (Å²) in [5, 5.41) is 2.61. The second-order valence-electron chi connectivity index (χ2n) is 5.67. The van der Waals surface area contributed by atoms with Crippen molar-refractivity contribution in [2.45, 2.75) is 96.9 Å². The minimum absolute atomic E-state index is 0.0572. The summed E-state index contributed by atoms with van der Waals surface area (Å²) in [6.45, 7) is 6.76. The molecule has 106 valence electrons. The first-order valence-electron chi connectivity index (χ1n) is 7.77.